The first-order chi connectivity index (χ1) is 11.0. The van der Waals surface area contributed by atoms with Gasteiger partial charge in [0.15, 0.2) is 6.23 Å². The van der Waals surface area contributed by atoms with E-state index in [0.29, 0.717) is 5.56 Å². The fourth-order valence-electron chi connectivity index (χ4n) is 2.31. The molecule has 2 rings (SSSR count). The van der Waals surface area contributed by atoms with Crippen molar-refractivity contribution >= 4 is 5.82 Å². The maximum absolute atomic E-state index is 12.1. The van der Waals surface area contributed by atoms with E-state index >= 15 is 0 Å². The number of hydrogen-bond acceptors (Lipinski definition) is 7. The molecular formula is C15H17N3O5. The van der Waals surface area contributed by atoms with Crippen LogP contribution in [0.25, 0.3) is 0 Å². The molecule has 0 spiro atoms. The summed E-state index contributed by atoms with van der Waals surface area (Å²) < 4.78 is 12.0. The van der Waals surface area contributed by atoms with Crippen molar-refractivity contribution in [1.82, 2.24) is 9.55 Å². The molecule has 0 radical (unpaired) electrons. The predicted octanol–water partition coefficient (Wildman–Crippen LogP) is -1.53. The van der Waals surface area contributed by atoms with Crippen LogP contribution in [0.5, 0.6) is 0 Å². The number of ether oxygens (including phenoxy) is 2. The number of anilines is 1. The predicted molar refractivity (Wildman–Crippen MR) is 81.0 cm³/mol. The minimum Gasteiger partial charge on any atom is -0.394 e. The first-order valence-corrected chi connectivity index (χ1v) is 6.84. The van der Waals surface area contributed by atoms with Gasteiger partial charge in [-0.1, -0.05) is 11.8 Å². The van der Waals surface area contributed by atoms with Gasteiger partial charge in [-0.15, -0.1) is 12.3 Å². The van der Waals surface area contributed by atoms with Gasteiger partial charge < -0.3 is 25.4 Å². The molecule has 1 saturated heterocycles. The second-order valence-electron chi connectivity index (χ2n) is 4.82. The lowest BCUT2D eigenvalue weighted by Crippen LogP contribution is -2.38. The summed E-state index contributed by atoms with van der Waals surface area (Å²) in [5.41, 5.74) is 5.31. The van der Waals surface area contributed by atoms with Gasteiger partial charge in [0.2, 0.25) is 0 Å². The zero-order valence-corrected chi connectivity index (χ0v) is 12.5. The Hall–Kier alpha value is -2.36. The van der Waals surface area contributed by atoms with E-state index in [0.717, 1.165) is 4.57 Å². The number of aliphatic hydroxyl groups is 2. The summed E-state index contributed by atoms with van der Waals surface area (Å²) in [4.78, 5) is 15.8. The zero-order valence-electron chi connectivity index (χ0n) is 12.5. The Morgan fingerprint density at radius 2 is 2.35 bits per heavy atom. The Morgan fingerprint density at radius 3 is 2.96 bits per heavy atom. The highest BCUT2D eigenvalue weighted by atomic mass is 16.6. The van der Waals surface area contributed by atoms with E-state index in [1.165, 1.54) is 6.20 Å². The molecule has 23 heavy (non-hydrogen) atoms. The van der Waals surface area contributed by atoms with Crippen molar-refractivity contribution < 1.29 is 19.7 Å². The lowest BCUT2D eigenvalue weighted by atomic mass is 10.1. The molecule has 0 aliphatic carbocycles. The van der Waals surface area contributed by atoms with Crippen LogP contribution < -0.4 is 11.4 Å². The van der Waals surface area contributed by atoms with Crippen molar-refractivity contribution in [3.05, 3.63) is 22.2 Å². The van der Waals surface area contributed by atoms with Crippen molar-refractivity contribution in [2.24, 2.45) is 0 Å². The number of terminal acetylenes is 1. The van der Waals surface area contributed by atoms with Gasteiger partial charge >= 0.3 is 5.69 Å². The highest BCUT2D eigenvalue weighted by Gasteiger charge is 2.45. The number of nitrogens with zero attached hydrogens (tertiary/aromatic N) is 2. The van der Waals surface area contributed by atoms with Crippen LogP contribution in [0.4, 0.5) is 5.82 Å². The van der Waals surface area contributed by atoms with Crippen LogP contribution in [0.3, 0.4) is 0 Å². The van der Waals surface area contributed by atoms with E-state index in [9.17, 15) is 15.0 Å². The van der Waals surface area contributed by atoms with Gasteiger partial charge in [-0.3, -0.25) is 4.57 Å². The Labute approximate surface area is 132 Å². The third-order valence-corrected chi connectivity index (χ3v) is 3.37. The summed E-state index contributed by atoms with van der Waals surface area (Å²) in [6, 6.07) is 0. The molecule has 0 amide bonds. The third kappa shape index (κ3) is 3.36. The number of nitrogen functional groups attached to an aromatic ring is 1. The minimum atomic E-state index is -1.15. The number of aliphatic hydroxyl groups excluding tert-OH is 2. The highest BCUT2D eigenvalue weighted by molar-refractivity contribution is 5.48. The van der Waals surface area contributed by atoms with Crippen molar-refractivity contribution in [3.63, 3.8) is 0 Å². The second kappa shape index (κ2) is 7.27. The molecule has 4 N–H and O–H groups in total. The van der Waals surface area contributed by atoms with Gasteiger partial charge in [-0.25, -0.2) is 4.79 Å². The molecule has 0 bridgehead atoms. The van der Waals surface area contributed by atoms with Crippen LogP contribution in [0.1, 0.15) is 18.7 Å². The molecule has 8 heteroatoms. The second-order valence-corrected chi connectivity index (χ2v) is 4.82. The van der Waals surface area contributed by atoms with Gasteiger partial charge in [0.1, 0.15) is 30.7 Å². The average Bonchev–Trinajstić information content (AvgIpc) is 2.84. The Morgan fingerprint density at radius 1 is 1.61 bits per heavy atom. The van der Waals surface area contributed by atoms with Crippen LogP contribution in [0.15, 0.2) is 11.0 Å². The summed E-state index contributed by atoms with van der Waals surface area (Å²) in [6.45, 7) is 1.09. The largest absolute Gasteiger partial charge is 0.394 e. The molecule has 1 aliphatic rings. The fraction of sp³-hybridized carbons (Fsp3) is 0.467. The van der Waals surface area contributed by atoms with Gasteiger partial charge in [0, 0.05) is 6.20 Å². The fourth-order valence-corrected chi connectivity index (χ4v) is 2.31. The lowest BCUT2D eigenvalue weighted by molar-refractivity contribution is -0.0677. The quantitative estimate of drug-likeness (QED) is 0.576. The van der Waals surface area contributed by atoms with Crippen molar-refractivity contribution in [2.45, 2.75) is 31.5 Å². The van der Waals surface area contributed by atoms with Gasteiger partial charge in [0.25, 0.3) is 0 Å². The van der Waals surface area contributed by atoms with Gasteiger partial charge in [-0.2, -0.15) is 4.98 Å². The topological polar surface area (TPSA) is 120 Å². The summed E-state index contributed by atoms with van der Waals surface area (Å²) in [5.74, 6) is 7.66. The van der Waals surface area contributed by atoms with Crippen LogP contribution in [0.2, 0.25) is 0 Å². The standard InChI is InChI=1S/C15H17N3O5/c1-3-5-9-7-18(15(21)17-13(9)16)14-12(22-6-4-2)11(20)10(8-19)23-14/h2,7,10-12,14,19-20H,6,8H2,1H3,(H2,16,17,21)/t10-,11?,12?,14-/m1/s1. The maximum Gasteiger partial charge on any atom is 0.351 e. The zero-order chi connectivity index (χ0) is 17.0. The molecule has 2 heterocycles. The van der Waals surface area contributed by atoms with E-state index in [2.05, 4.69) is 22.7 Å². The molecule has 2 unspecified atom stereocenters. The smallest absolute Gasteiger partial charge is 0.351 e. The molecule has 1 aromatic rings. The molecule has 0 aromatic carbocycles. The van der Waals surface area contributed by atoms with E-state index < -0.39 is 36.8 Å². The van der Waals surface area contributed by atoms with E-state index in [1.54, 1.807) is 6.92 Å². The number of rotatable bonds is 4. The minimum absolute atomic E-state index is 0.000975. The highest BCUT2D eigenvalue weighted by Crippen LogP contribution is 2.31. The van der Waals surface area contributed by atoms with Crippen LogP contribution in [0, 0.1) is 24.2 Å². The Balaban J connectivity index is 2.45. The van der Waals surface area contributed by atoms with Crippen LogP contribution >= 0.6 is 0 Å². The molecule has 8 nitrogen and oxygen atoms in total. The third-order valence-electron chi connectivity index (χ3n) is 3.37. The monoisotopic (exact) mass is 319 g/mol. The maximum atomic E-state index is 12.1. The number of aromatic nitrogens is 2. The van der Waals surface area contributed by atoms with Gasteiger partial charge in [-0.05, 0) is 6.92 Å². The Bertz CT molecular complexity index is 727. The SMILES string of the molecule is C#CCOC1C(O)[C@@H](CO)O[C@H]1n1cc(C#CC)c(N)nc1=O. The molecule has 122 valence electrons. The molecule has 4 atom stereocenters. The summed E-state index contributed by atoms with van der Waals surface area (Å²) in [5, 5.41) is 19.4. The molecule has 1 aromatic heterocycles. The van der Waals surface area contributed by atoms with Crippen molar-refractivity contribution in [3.8, 4) is 24.2 Å². The van der Waals surface area contributed by atoms with Crippen LogP contribution in [-0.2, 0) is 9.47 Å². The number of hydrogen-bond donors (Lipinski definition) is 3. The summed E-state index contributed by atoms with van der Waals surface area (Å²) in [7, 11) is 0. The first kappa shape index (κ1) is 17.0. The summed E-state index contributed by atoms with van der Waals surface area (Å²) >= 11 is 0. The van der Waals surface area contributed by atoms with Crippen LogP contribution in [-0.4, -0.2) is 51.3 Å². The van der Waals surface area contributed by atoms with Crippen molar-refractivity contribution in [1.29, 1.82) is 0 Å². The van der Waals surface area contributed by atoms with E-state index in [1.807, 2.05) is 0 Å². The van der Waals surface area contributed by atoms with Crippen molar-refractivity contribution in [2.75, 3.05) is 18.9 Å². The Kier molecular flexibility index (Phi) is 5.37. The summed E-state index contributed by atoms with van der Waals surface area (Å²) in [6.07, 6.45) is 2.53. The van der Waals surface area contributed by atoms with E-state index in [4.69, 9.17) is 21.6 Å². The number of nitrogens with two attached hydrogens (primary N) is 1. The average molecular weight is 319 g/mol. The lowest BCUT2D eigenvalue weighted by Gasteiger charge is -2.21. The molecule has 1 aliphatic heterocycles. The molecule has 0 saturated carbocycles. The normalized spacial score (nSPS) is 26.3. The molecule has 1 fully saturated rings. The molecular weight excluding hydrogens is 302 g/mol. The first-order valence-electron chi connectivity index (χ1n) is 6.84. The van der Waals surface area contributed by atoms with E-state index in [-0.39, 0.29) is 12.4 Å². The van der Waals surface area contributed by atoms with Gasteiger partial charge in [0.05, 0.1) is 12.2 Å².